The molecule has 20 heteroatoms. The van der Waals surface area contributed by atoms with Crippen molar-refractivity contribution in [2.45, 2.75) is 70.4 Å². The van der Waals surface area contributed by atoms with Gasteiger partial charge in [-0.3, -0.25) is 28.8 Å². The molecule has 2 aliphatic heterocycles. The molecule has 274 valence electrons. The van der Waals surface area contributed by atoms with E-state index in [1.807, 2.05) is 0 Å². The fourth-order valence-corrected chi connectivity index (χ4v) is 8.77. The molecule has 0 aromatic rings. The van der Waals surface area contributed by atoms with E-state index in [1.165, 1.54) is 45.3 Å². The van der Waals surface area contributed by atoms with E-state index >= 15 is 17.6 Å². The Balaban J connectivity index is 1.28. The van der Waals surface area contributed by atoms with Crippen LogP contribution in [0.25, 0.3) is 0 Å². The summed E-state index contributed by atoms with van der Waals surface area (Å²) < 4.78 is 89.5. The van der Waals surface area contributed by atoms with Crippen LogP contribution in [0.15, 0.2) is 43.4 Å². The topological polar surface area (TPSA) is 189 Å². The lowest BCUT2D eigenvalue weighted by atomic mass is 9.60. The van der Waals surface area contributed by atoms with E-state index in [1.54, 1.807) is 0 Å². The van der Waals surface area contributed by atoms with Crippen molar-refractivity contribution in [2.75, 3.05) is 19.6 Å². The van der Waals surface area contributed by atoms with Gasteiger partial charge in [0.2, 0.25) is 35.4 Å². The number of primary amides is 1. The first-order chi connectivity index (χ1) is 23.0. The van der Waals surface area contributed by atoms with Crippen LogP contribution in [0.3, 0.4) is 0 Å². The molecule has 2 aliphatic carbocycles. The minimum absolute atomic E-state index is 0.0766. The van der Waals surface area contributed by atoms with Crippen molar-refractivity contribution in [3.8, 4) is 0 Å². The molecule has 0 spiro atoms. The second-order valence-corrected chi connectivity index (χ2v) is 14.5. The zero-order valence-electron chi connectivity index (χ0n) is 27.0. The molecule has 12 nitrogen and oxygen atoms in total. The third-order valence-corrected chi connectivity index (χ3v) is 11.4. The van der Waals surface area contributed by atoms with Crippen LogP contribution in [0.1, 0.15) is 40.5 Å². The van der Waals surface area contributed by atoms with Crippen molar-refractivity contribution in [2.24, 2.45) is 16.6 Å². The zero-order valence-corrected chi connectivity index (χ0v) is 28.7. The van der Waals surface area contributed by atoms with Crippen molar-refractivity contribution in [1.29, 1.82) is 0 Å². The number of rotatable bonds is 13. The van der Waals surface area contributed by atoms with Gasteiger partial charge in [0.1, 0.15) is 12.1 Å². The van der Waals surface area contributed by atoms with Crippen LogP contribution in [-0.2, 0) is 28.8 Å². The first kappa shape index (κ1) is 38.9. The Labute approximate surface area is 290 Å². The minimum Gasteiger partial charge on any atom is -0.368 e. The normalized spacial score (nSPS) is 26.2. The van der Waals surface area contributed by atoms with Gasteiger partial charge in [0.25, 0.3) is 0 Å². The van der Waals surface area contributed by atoms with Crippen molar-refractivity contribution in [3.63, 3.8) is 0 Å². The first-order valence-electron chi connectivity index (χ1n) is 15.1. The van der Waals surface area contributed by atoms with E-state index in [-0.39, 0.29) is 22.7 Å². The number of thioether (sulfide) groups is 2. The van der Waals surface area contributed by atoms with Crippen molar-refractivity contribution in [1.82, 2.24) is 26.6 Å². The lowest BCUT2D eigenvalue weighted by Gasteiger charge is -2.45. The molecule has 1 fully saturated rings. The maximum Gasteiger partial charge on any atom is 0.380 e. The molecular formula is C30H34F6N6O6S2. The molecule has 0 saturated heterocycles. The summed E-state index contributed by atoms with van der Waals surface area (Å²) in [7, 11) is 0. The van der Waals surface area contributed by atoms with E-state index in [0.29, 0.717) is 28.4 Å². The van der Waals surface area contributed by atoms with Crippen LogP contribution < -0.4 is 32.3 Å². The fourth-order valence-electron chi connectivity index (χ4n) is 5.84. The summed E-state index contributed by atoms with van der Waals surface area (Å²) in [6.45, 7) is 4.11. The Hall–Kier alpha value is -3.94. The molecule has 2 heterocycles. The van der Waals surface area contributed by atoms with E-state index < -0.39 is 107 Å². The Kier molecular flexibility index (Phi) is 10.6. The van der Waals surface area contributed by atoms with Gasteiger partial charge in [-0.05, 0) is 30.6 Å². The Morgan fingerprint density at radius 2 is 1.24 bits per heavy atom. The van der Waals surface area contributed by atoms with Gasteiger partial charge in [0.15, 0.2) is 0 Å². The second-order valence-electron chi connectivity index (χ2n) is 12.4. The van der Waals surface area contributed by atoms with Crippen LogP contribution in [0.4, 0.5) is 26.3 Å². The largest absolute Gasteiger partial charge is 0.380 e. The molecule has 4 rings (SSSR count). The average molecular weight is 753 g/mol. The van der Waals surface area contributed by atoms with Crippen LogP contribution >= 0.6 is 23.5 Å². The van der Waals surface area contributed by atoms with E-state index in [4.69, 9.17) is 5.73 Å². The Bertz CT molecular complexity index is 1670. The Morgan fingerprint density at radius 3 is 1.78 bits per heavy atom. The predicted octanol–water partition coefficient (Wildman–Crippen LogP) is 1.95. The number of amides is 6. The number of nitrogens with two attached hydrogens (primary N) is 1. The molecule has 6 amide bonds. The van der Waals surface area contributed by atoms with Crippen LogP contribution in [0.5, 0.6) is 0 Å². The molecule has 0 unspecified atom stereocenters. The van der Waals surface area contributed by atoms with Gasteiger partial charge >= 0.3 is 17.8 Å². The molecule has 4 aliphatic rings. The van der Waals surface area contributed by atoms with E-state index in [0.717, 1.165) is 0 Å². The predicted molar refractivity (Wildman–Crippen MR) is 170 cm³/mol. The molecule has 7 N–H and O–H groups in total. The minimum atomic E-state index is -5.65. The molecule has 1 saturated carbocycles. The first-order valence-corrected chi connectivity index (χ1v) is 16.8. The summed E-state index contributed by atoms with van der Waals surface area (Å²) in [6, 6.07) is -2.20. The number of halogens is 6. The van der Waals surface area contributed by atoms with Gasteiger partial charge in [-0.15, -0.1) is 11.8 Å². The molecule has 0 aromatic heterocycles. The smallest absolute Gasteiger partial charge is 0.368 e. The molecular weight excluding hydrogens is 718 g/mol. The summed E-state index contributed by atoms with van der Waals surface area (Å²) in [6.07, 6.45) is 2.72. The van der Waals surface area contributed by atoms with Gasteiger partial charge in [0, 0.05) is 38.2 Å². The van der Waals surface area contributed by atoms with Crippen LogP contribution in [-0.4, -0.2) is 84.9 Å². The fraction of sp³-hybridized carbons (Fsp3) is 0.533. The summed E-state index contributed by atoms with van der Waals surface area (Å²) in [4.78, 5) is 71.5. The highest BCUT2D eigenvalue weighted by molar-refractivity contribution is 8.07. The average Bonchev–Trinajstić information content (AvgIpc) is 3.62. The third kappa shape index (κ3) is 6.62. The number of carbonyl (C=O) groups excluding carboxylic acids is 6. The van der Waals surface area contributed by atoms with Crippen molar-refractivity contribution >= 4 is 59.0 Å². The summed E-state index contributed by atoms with van der Waals surface area (Å²) >= 11 is 1.37. The highest BCUT2D eigenvalue weighted by Crippen LogP contribution is 2.76. The van der Waals surface area contributed by atoms with Crippen LogP contribution in [0.2, 0.25) is 0 Å². The standard InChI is InChI=1S/C30H34F6N6O6S2/c1-13(24(47)39-10-16(37)43)42-19(46)12-40-25(48)14(2)41-18(45)11-38-17(44)6-5-15-9-27(4)23(50-15)21-20(22-26(27,3)7-8-49-22)28(31,32)30(35,36)29(21,33)34/h7-9,13-14H,5-6,10-12H2,1-4H3,(H2,37,43)(H,38,44)(H,39,47)(H,40,48)(H,41,45)(H,42,46)/t13-,14-,26+,27+/m0/s1. The summed E-state index contributed by atoms with van der Waals surface area (Å²) in [5.74, 6) is -20.3. The number of hydrogen-bond acceptors (Lipinski definition) is 8. The van der Waals surface area contributed by atoms with Gasteiger partial charge in [0.05, 0.1) is 19.6 Å². The second kappa shape index (κ2) is 13.6. The molecule has 0 bridgehead atoms. The van der Waals surface area contributed by atoms with Gasteiger partial charge in [-0.2, -0.15) is 26.3 Å². The lowest BCUT2D eigenvalue weighted by Crippen LogP contribution is -2.52. The van der Waals surface area contributed by atoms with E-state index in [2.05, 4.69) is 26.6 Å². The Morgan fingerprint density at radius 1 is 0.740 bits per heavy atom. The van der Waals surface area contributed by atoms with Crippen molar-refractivity contribution in [3.05, 3.63) is 43.4 Å². The van der Waals surface area contributed by atoms with Gasteiger partial charge in [-0.1, -0.05) is 37.8 Å². The SMILES string of the molecule is C[C@H](NC(=O)CNC(=O)CCC1=C[C@]2(C)C(=C3C(=C4SC=C[C@]42C)C(F)(F)C(F)(F)C3(F)F)S1)C(=O)NCC(=O)N[C@@H](C)C(=O)NCC(N)=O. The molecule has 50 heavy (non-hydrogen) atoms. The number of alkyl halides is 6. The highest BCUT2D eigenvalue weighted by Gasteiger charge is 2.84. The highest BCUT2D eigenvalue weighted by atomic mass is 32.2. The zero-order chi connectivity index (χ0) is 37.6. The number of hydrogen-bond donors (Lipinski definition) is 6. The number of fused-ring (bicyclic) bond motifs is 4. The monoisotopic (exact) mass is 752 g/mol. The maximum absolute atomic E-state index is 15.1. The van der Waals surface area contributed by atoms with Gasteiger partial charge < -0.3 is 32.3 Å². The molecule has 0 radical (unpaired) electrons. The van der Waals surface area contributed by atoms with Gasteiger partial charge in [-0.25, -0.2) is 0 Å². The van der Waals surface area contributed by atoms with Crippen LogP contribution in [0, 0.1) is 10.8 Å². The number of carbonyl (C=O) groups is 6. The quantitative estimate of drug-likeness (QED) is 0.154. The number of nitrogens with one attached hydrogen (secondary N) is 5. The number of allylic oxidation sites excluding steroid dienone is 7. The van der Waals surface area contributed by atoms with E-state index in [9.17, 15) is 37.5 Å². The third-order valence-electron chi connectivity index (χ3n) is 8.86. The molecule has 4 atom stereocenters. The summed E-state index contributed by atoms with van der Waals surface area (Å²) in [5, 5.41) is 12.8. The maximum atomic E-state index is 15.1. The lowest BCUT2D eigenvalue weighted by molar-refractivity contribution is -0.258. The van der Waals surface area contributed by atoms with Crippen molar-refractivity contribution < 1.29 is 55.1 Å². The molecule has 0 aromatic carbocycles. The summed E-state index contributed by atoms with van der Waals surface area (Å²) in [5.41, 5.74) is -0.513.